The maximum Gasteiger partial charge on any atom is 0.420 e. The fourth-order valence-corrected chi connectivity index (χ4v) is 2.20. The van der Waals surface area contributed by atoms with Crippen molar-refractivity contribution in [1.82, 2.24) is 4.57 Å². The highest BCUT2D eigenvalue weighted by molar-refractivity contribution is 5.77. The van der Waals surface area contributed by atoms with Crippen LogP contribution >= 0.6 is 0 Å². The topological polar surface area (TPSA) is 61.2 Å². The molecule has 0 spiro atoms. The van der Waals surface area contributed by atoms with Crippen LogP contribution in [0.5, 0.6) is 0 Å². The summed E-state index contributed by atoms with van der Waals surface area (Å²) in [6, 6.07) is 11.8. The van der Waals surface area contributed by atoms with Gasteiger partial charge < -0.3 is 10.2 Å². The van der Waals surface area contributed by atoms with Gasteiger partial charge in [-0.2, -0.15) is 8.78 Å². The van der Waals surface area contributed by atoms with Gasteiger partial charge in [-0.05, 0) is 18.2 Å². The van der Waals surface area contributed by atoms with E-state index in [1.807, 2.05) is 0 Å². The fourth-order valence-electron chi connectivity index (χ4n) is 2.20. The van der Waals surface area contributed by atoms with E-state index in [0.717, 1.165) is 4.57 Å². The van der Waals surface area contributed by atoms with E-state index < -0.39 is 18.2 Å². The minimum Gasteiger partial charge on any atom is -0.408 e. The number of hydrogen-bond acceptors (Lipinski definition) is 3. The summed E-state index contributed by atoms with van der Waals surface area (Å²) in [4.78, 5) is 11.8. The number of anilines is 1. The summed E-state index contributed by atoms with van der Waals surface area (Å²) >= 11 is 0. The molecular formula is C15H12F2N2O2. The predicted molar refractivity (Wildman–Crippen MR) is 75.2 cm³/mol. The zero-order chi connectivity index (χ0) is 15.0. The van der Waals surface area contributed by atoms with Crippen molar-refractivity contribution in [2.45, 2.75) is 12.5 Å². The molecule has 0 unspecified atom stereocenters. The number of rotatable bonds is 3. The second kappa shape index (κ2) is 4.73. The zero-order valence-corrected chi connectivity index (χ0v) is 10.9. The molecule has 0 aliphatic heterocycles. The Kier molecular flexibility index (Phi) is 3.01. The summed E-state index contributed by atoms with van der Waals surface area (Å²) in [5.74, 6) is -4.02. The Hall–Kier alpha value is -2.63. The Morgan fingerprint density at radius 3 is 2.57 bits per heavy atom. The molecule has 4 nitrogen and oxygen atoms in total. The molecule has 0 saturated carbocycles. The molecule has 0 radical (unpaired) electrons. The van der Waals surface area contributed by atoms with Crippen LogP contribution in [0.15, 0.2) is 57.7 Å². The van der Waals surface area contributed by atoms with E-state index in [0.29, 0.717) is 5.69 Å². The van der Waals surface area contributed by atoms with Crippen molar-refractivity contribution in [3.63, 3.8) is 0 Å². The largest absolute Gasteiger partial charge is 0.420 e. The van der Waals surface area contributed by atoms with Gasteiger partial charge in [0.2, 0.25) is 0 Å². The van der Waals surface area contributed by atoms with Crippen molar-refractivity contribution >= 4 is 16.8 Å². The molecule has 0 saturated heterocycles. The summed E-state index contributed by atoms with van der Waals surface area (Å²) in [5.41, 5.74) is 6.34. The number of oxazole rings is 1. The number of aromatic nitrogens is 1. The fraction of sp³-hybridized carbons (Fsp3) is 0.133. The van der Waals surface area contributed by atoms with Crippen LogP contribution in [0.4, 0.5) is 14.5 Å². The molecule has 0 aliphatic carbocycles. The molecule has 1 aromatic heterocycles. The van der Waals surface area contributed by atoms with Crippen molar-refractivity contribution in [1.29, 1.82) is 0 Å². The number of alkyl halides is 2. The lowest BCUT2D eigenvalue weighted by molar-refractivity contribution is -0.0228. The van der Waals surface area contributed by atoms with Crippen LogP contribution in [0.3, 0.4) is 0 Å². The van der Waals surface area contributed by atoms with E-state index in [2.05, 4.69) is 0 Å². The lowest BCUT2D eigenvalue weighted by atomic mass is 10.1. The molecule has 6 heteroatoms. The van der Waals surface area contributed by atoms with Gasteiger partial charge in [0.25, 0.3) is 5.92 Å². The summed E-state index contributed by atoms with van der Waals surface area (Å²) in [7, 11) is 0. The number of nitrogens with zero attached hydrogens (tertiary/aromatic N) is 1. The summed E-state index contributed by atoms with van der Waals surface area (Å²) in [5, 5.41) is 0. The first kappa shape index (κ1) is 13.4. The molecule has 0 atom stereocenters. The van der Waals surface area contributed by atoms with Crippen LogP contribution in [0, 0.1) is 0 Å². The summed E-state index contributed by atoms with van der Waals surface area (Å²) in [6.45, 7) is -0.799. The normalized spacial score (nSPS) is 11.9. The van der Waals surface area contributed by atoms with Gasteiger partial charge in [0.05, 0.1) is 12.1 Å². The number of nitrogen functional groups attached to an aromatic ring is 1. The lowest BCUT2D eigenvalue weighted by Gasteiger charge is -2.16. The van der Waals surface area contributed by atoms with Gasteiger partial charge in [0.1, 0.15) is 0 Å². The molecular weight excluding hydrogens is 278 g/mol. The number of fused-ring (bicyclic) bond motifs is 1. The van der Waals surface area contributed by atoms with Crippen molar-refractivity contribution in [2.75, 3.05) is 5.73 Å². The number of halogens is 2. The Morgan fingerprint density at radius 2 is 1.86 bits per heavy atom. The first-order chi connectivity index (χ1) is 9.97. The van der Waals surface area contributed by atoms with Gasteiger partial charge in [-0.3, -0.25) is 4.57 Å². The lowest BCUT2D eigenvalue weighted by Crippen LogP contribution is -2.27. The molecule has 0 aliphatic rings. The Balaban J connectivity index is 2.07. The van der Waals surface area contributed by atoms with Crippen molar-refractivity contribution in [3.8, 4) is 0 Å². The standard InChI is InChI=1S/C15H12F2N2O2/c16-15(17,10-4-2-1-3-5-10)9-19-12-8-11(18)6-7-13(12)21-14(19)20/h1-8H,9,18H2. The van der Waals surface area contributed by atoms with Gasteiger partial charge in [0.15, 0.2) is 5.58 Å². The molecule has 108 valence electrons. The van der Waals surface area contributed by atoms with E-state index >= 15 is 0 Å². The molecule has 0 amide bonds. The quantitative estimate of drug-likeness (QED) is 0.754. The molecule has 21 heavy (non-hydrogen) atoms. The monoisotopic (exact) mass is 290 g/mol. The minimum absolute atomic E-state index is 0.157. The summed E-state index contributed by atoms with van der Waals surface area (Å²) in [6.07, 6.45) is 0. The van der Waals surface area contributed by atoms with Gasteiger partial charge in [-0.25, -0.2) is 4.79 Å². The van der Waals surface area contributed by atoms with E-state index in [1.165, 1.54) is 36.4 Å². The molecule has 3 rings (SSSR count). The van der Waals surface area contributed by atoms with Gasteiger partial charge in [-0.1, -0.05) is 30.3 Å². The number of nitrogens with two attached hydrogens (primary N) is 1. The highest BCUT2D eigenvalue weighted by Gasteiger charge is 2.33. The molecule has 3 aromatic rings. The molecule has 2 aromatic carbocycles. The van der Waals surface area contributed by atoms with Crippen LogP contribution < -0.4 is 11.5 Å². The second-order valence-electron chi connectivity index (χ2n) is 4.75. The Bertz CT molecular complexity index is 838. The number of hydrogen-bond donors (Lipinski definition) is 1. The Morgan fingerprint density at radius 1 is 1.14 bits per heavy atom. The van der Waals surface area contributed by atoms with E-state index in [1.54, 1.807) is 12.1 Å². The van der Waals surface area contributed by atoms with E-state index in [4.69, 9.17) is 10.2 Å². The maximum absolute atomic E-state index is 14.3. The van der Waals surface area contributed by atoms with E-state index in [-0.39, 0.29) is 16.7 Å². The van der Waals surface area contributed by atoms with Gasteiger partial charge in [-0.15, -0.1) is 0 Å². The van der Waals surface area contributed by atoms with Crippen LogP contribution in [-0.2, 0) is 12.5 Å². The average molecular weight is 290 g/mol. The smallest absolute Gasteiger partial charge is 0.408 e. The first-order valence-corrected chi connectivity index (χ1v) is 6.29. The molecule has 0 bridgehead atoms. The predicted octanol–water partition coefficient (Wildman–Crippen LogP) is 2.97. The zero-order valence-electron chi connectivity index (χ0n) is 10.9. The van der Waals surface area contributed by atoms with Crippen LogP contribution in [-0.4, -0.2) is 4.57 Å². The SMILES string of the molecule is Nc1ccc2oc(=O)n(CC(F)(F)c3ccccc3)c2c1. The van der Waals surface area contributed by atoms with Crippen LogP contribution in [0.2, 0.25) is 0 Å². The Labute approximate surface area is 118 Å². The maximum atomic E-state index is 14.3. The van der Waals surface area contributed by atoms with Gasteiger partial charge in [0, 0.05) is 11.3 Å². The highest BCUT2D eigenvalue weighted by Crippen LogP contribution is 2.30. The first-order valence-electron chi connectivity index (χ1n) is 6.29. The molecule has 1 heterocycles. The third-order valence-electron chi connectivity index (χ3n) is 3.24. The molecule has 0 fully saturated rings. The van der Waals surface area contributed by atoms with Gasteiger partial charge >= 0.3 is 5.76 Å². The van der Waals surface area contributed by atoms with Crippen LogP contribution in [0.25, 0.3) is 11.1 Å². The molecule has 2 N–H and O–H groups in total. The highest BCUT2D eigenvalue weighted by atomic mass is 19.3. The minimum atomic E-state index is -3.19. The summed E-state index contributed by atoms with van der Waals surface area (Å²) < 4.78 is 34.4. The number of benzene rings is 2. The third kappa shape index (κ3) is 2.40. The average Bonchev–Trinajstić information content (AvgIpc) is 2.76. The van der Waals surface area contributed by atoms with Crippen molar-refractivity contribution in [2.24, 2.45) is 0 Å². The van der Waals surface area contributed by atoms with Crippen LogP contribution in [0.1, 0.15) is 5.56 Å². The van der Waals surface area contributed by atoms with E-state index in [9.17, 15) is 13.6 Å². The van der Waals surface area contributed by atoms with Crippen molar-refractivity contribution in [3.05, 3.63) is 64.6 Å². The van der Waals surface area contributed by atoms with Crippen molar-refractivity contribution < 1.29 is 13.2 Å². The third-order valence-corrected chi connectivity index (χ3v) is 3.24. The second-order valence-corrected chi connectivity index (χ2v) is 4.75.